The largest absolute Gasteiger partial charge is 0.370 e. The number of piperidine rings is 2. The van der Waals surface area contributed by atoms with Gasteiger partial charge in [-0.3, -0.25) is 9.78 Å². The number of anilines is 3. The van der Waals surface area contributed by atoms with E-state index in [9.17, 15) is 13.6 Å². The molecule has 6 nitrogen and oxygen atoms in total. The topological polar surface area (TPSA) is 61.4 Å². The number of hydrogen-bond donors (Lipinski definition) is 1. The number of rotatable bonds is 6. The van der Waals surface area contributed by atoms with Gasteiger partial charge in [0.1, 0.15) is 11.5 Å². The predicted octanol–water partition coefficient (Wildman–Crippen LogP) is 5.60. The smallest absolute Gasteiger partial charge is 0.276 e. The van der Waals surface area contributed by atoms with Crippen molar-refractivity contribution in [2.24, 2.45) is 5.41 Å². The Hall–Kier alpha value is -2.42. The zero-order valence-electron chi connectivity index (χ0n) is 19.8. The van der Waals surface area contributed by atoms with Crippen LogP contribution in [-0.2, 0) is 0 Å². The zero-order chi connectivity index (χ0) is 24.0. The van der Waals surface area contributed by atoms with Crippen LogP contribution >= 0.6 is 11.8 Å². The van der Waals surface area contributed by atoms with Crippen molar-refractivity contribution in [3.05, 3.63) is 36.3 Å². The van der Waals surface area contributed by atoms with Gasteiger partial charge in [-0.1, -0.05) is 0 Å². The van der Waals surface area contributed by atoms with E-state index >= 15 is 0 Å². The van der Waals surface area contributed by atoms with Crippen LogP contribution in [0.5, 0.6) is 0 Å². The minimum Gasteiger partial charge on any atom is -0.370 e. The third kappa shape index (κ3) is 5.25. The molecule has 35 heavy (non-hydrogen) atoms. The number of halogens is 2. The summed E-state index contributed by atoms with van der Waals surface area (Å²) in [5.74, 6) is -2.50. The average molecular weight is 500 g/mol. The highest BCUT2D eigenvalue weighted by atomic mass is 32.2. The molecule has 0 bridgehead atoms. The third-order valence-electron chi connectivity index (χ3n) is 7.84. The van der Waals surface area contributed by atoms with Crippen LogP contribution in [0.3, 0.4) is 0 Å². The summed E-state index contributed by atoms with van der Waals surface area (Å²) < 4.78 is 27.1. The Bertz CT molecular complexity index is 1100. The first-order valence-corrected chi connectivity index (χ1v) is 13.6. The first-order chi connectivity index (χ1) is 16.9. The molecule has 186 valence electrons. The Morgan fingerprint density at radius 3 is 2.37 bits per heavy atom. The van der Waals surface area contributed by atoms with Crippen LogP contribution in [0.15, 0.2) is 35.5 Å². The van der Waals surface area contributed by atoms with Crippen LogP contribution in [0.4, 0.5) is 26.0 Å². The van der Waals surface area contributed by atoms with Gasteiger partial charge >= 0.3 is 0 Å². The molecular formula is C26H31F2N5OS. The molecule has 2 aliphatic carbocycles. The lowest BCUT2D eigenvalue weighted by Crippen LogP contribution is -2.40. The summed E-state index contributed by atoms with van der Waals surface area (Å²) in [5, 5.41) is 3.78. The molecule has 0 atom stereocenters. The summed E-state index contributed by atoms with van der Waals surface area (Å²) in [4.78, 5) is 27.3. The van der Waals surface area contributed by atoms with Gasteiger partial charge in [0.05, 0.1) is 23.8 Å². The lowest BCUT2D eigenvalue weighted by molar-refractivity contribution is -0.0221. The van der Waals surface area contributed by atoms with E-state index in [2.05, 4.69) is 32.3 Å². The van der Waals surface area contributed by atoms with Crippen molar-refractivity contribution in [3.8, 4) is 0 Å². The van der Waals surface area contributed by atoms with E-state index in [4.69, 9.17) is 0 Å². The summed E-state index contributed by atoms with van der Waals surface area (Å²) in [7, 11) is 0. The molecule has 4 fully saturated rings. The summed E-state index contributed by atoms with van der Waals surface area (Å²) in [6, 6.07) is 6.31. The van der Waals surface area contributed by atoms with Crippen molar-refractivity contribution in [2.45, 2.75) is 67.4 Å². The quantitative estimate of drug-likeness (QED) is 0.558. The highest BCUT2D eigenvalue weighted by molar-refractivity contribution is 8.00. The van der Waals surface area contributed by atoms with Crippen molar-refractivity contribution in [1.29, 1.82) is 0 Å². The summed E-state index contributed by atoms with van der Waals surface area (Å²) in [5.41, 5.74) is 2.63. The Morgan fingerprint density at radius 1 is 0.971 bits per heavy atom. The van der Waals surface area contributed by atoms with Crippen LogP contribution in [0.2, 0.25) is 0 Å². The maximum Gasteiger partial charge on any atom is 0.276 e. The highest BCUT2D eigenvalue weighted by Crippen LogP contribution is 2.54. The minimum atomic E-state index is -2.63. The molecule has 6 rings (SSSR count). The number of aromatic nitrogens is 2. The first-order valence-electron chi connectivity index (χ1n) is 12.7. The molecule has 1 N–H and O–H groups in total. The molecule has 1 spiro atoms. The van der Waals surface area contributed by atoms with Crippen LogP contribution < -0.4 is 15.1 Å². The SMILES string of the molecule is O=C(Nc1ccc(SC2CC2)cc1N1CCC2(CC1)CC2)c1cncc(N2CCC(F)(F)CC2)n1. The van der Waals surface area contributed by atoms with Crippen LogP contribution in [-0.4, -0.2) is 53.2 Å². The number of alkyl halides is 2. The molecule has 2 aromatic rings. The predicted molar refractivity (Wildman–Crippen MR) is 135 cm³/mol. The second-order valence-corrected chi connectivity index (χ2v) is 11.9. The molecule has 1 amide bonds. The lowest BCUT2D eigenvalue weighted by atomic mass is 9.93. The second kappa shape index (κ2) is 8.91. The van der Waals surface area contributed by atoms with Crippen molar-refractivity contribution in [3.63, 3.8) is 0 Å². The van der Waals surface area contributed by atoms with Crippen molar-refractivity contribution in [2.75, 3.05) is 41.3 Å². The Balaban J connectivity index is 1.20. The van der Waals surface area contributed by atoms with Gasteiger partial charge in [0.25, 0.3) is 11.8 Å². The van der Waals surface area contributed by atoms with Crippen molar-refractivity contribution < 1.29 is 13.6 Å². The average Bonchev–Trinajstić information content (AvgIpc) is 3.80. The fraction of sp³-hybridized carbons (Fsp3) is 0.577. The van der Waals surface area contributed by atoms with Crippen LogP contribution in [0.25, 0.3) is 0 Å². The lowest BCUT2D eigenvalue weighted by Gasteiger charge is -2.35. The molecule has 1 aromatic heterocycles. The molecule has 3 heterocycles. The van der Waals surface area contributed by atoms with E-state index in [0.717, 1.165) is 24.5 Å². The number of benzene rings is 1. The monoisotopic (exact) mass is 499 g/mol. The number of thioether (sulfide) groups is 1. The second-order valence-electron chi connectivity index (χ2n) is 10.5. The maximum atomic E-state index is 13.5. The summed E-state index contributed by atoms with van der Waals surface area (Å²) >= 11 is 1.92. The van der Waals surface area contributed by atoms with Gasteiger partial charge in [-0.25, -0.2) is 13.8 Å². The van der Waals surface area contributed by atoms with Crippen LogP contribution in [0, 0.1) is 5.41 Å². The molecule has 9 heteroatoms. The van der Waals surface area contributed by atoms with E-state index in [1.807, 2.05) is 17.8 Å². The summed E-state index contributed by atoms with van der Waals surface area (Å²) in [6.07, 6.45) is 10.2. The van der Waals surface area contributed by atoms with Gasteiger partial charge in [0.2, 0.25) is 0 Å². The minimum absolute atomic E-state index is 0.192. The fourth-order valence-electron chi connectivity index (χ4n) is 5.10. The number of amides is 1. The van der Waals surface area contributed by atoms with Gasteiger partial charge in [-0.15, -0.1) is 11.8 Å². The van der Waals surface area contributed by atoms with Crippen molar-refractivity contribution >= 4 is 34.9 Å². The Labute approximate surface area is 208 Å². The van der Waals surface area contributed by atoms with Gasteiger partial charge in [-0.05, 0) is 62.1 Å². The third-order valence-corrected chi connectivity index (χ3v) is 9.17. The van der Waals surface area contributed by atoms with Gasteiger partial charge < -0.3 is 15.1 Å². The molecule has 2 saturated heterocycles. The molecule has 0 radical (unpaired) electrons. The van der Waals surface area contributed by atoms with Crippen molar-refractivity contribution in [1.82, 2.24) is 9.97 Å². The number of nitrogens with zero attached hydrogens (tertiary/aromatic N) is 4. The normalized spacial score (nSPS) is 22.8. The zero-order valence-corrected chi connectivity index (χ0v) is 20.6. The highest BCUT2D eigenvalue weighted by Gasteiger charge is 2.44. The first kappa shape index (κ1) is 23.0. The maximum absolute atomic E-state index is 13.5. The molecule has 4 aliphatic rings. The number of hydrogen-bond acceptors (Lipinski definition) is 6. The fourth-order valence-corrected chi connectivity index (χ4v) is 6.18. The van der Waals surface area contributed by atoms with Crippen LogP contribution in [0.1, 0.15) is 61.9 Å². The Kier molecular flexibility index (Phi) is 5.86. The standard InChI is InChI=1S/C26H31F2N5OS/c27-26(28)9-13-33(14-10-26)23-17-29-16-21(30-23)24(34)31-20-4-3-19(35-18-1-2-18)15-22(20)32-11-7-25(5-6-25)8-12-32/h3-4,15-18H,1-2,5-14H2,(H,31,34). The van der Waals surface area contributed by atoms with E-state index < -0.39 is 5.92 Å². The van der Waals surface area contributed by atoms with E-state index in [0.29, 0.717) is 16.5 Å². The summed E-state index contributed by atoms with van der Waals surface area (Å²) in [6.45, 7) is 2.42. The number of carbonyl (C=O) groups is 1. The van der Waals surface area contributed by atoms with E-state index in [-0.39, 0.29) is 37.5 Å². The van der Waals surface area contributed by atoms with Gasteiger partial charge in [0, 0.05) is 49.2 Å². The molecule has 1 aromatic carbocycles. The van der Waals surface area contributed by atoms with Gasteiger partial charge in [-0.2, -0.15) is 0 Å². The molecule has 2 saturated carbocycles. The van der Waals surface area contributed by atoms with E-state index in [1.165, 1.54) is 55.8 Å². The molecular weight excluding hydrogens is 468 g/mol. The number of carbonyl (C=O) groups excluding carboxylic acids is 1. The van der Waals surface area contributed by atoms with Gasteiger partial charge in [0.15, 0.2) is 0 Å². The molecule has 2 aliphatic heterocycles. The molecule has 0 unspecified atom stereocenters. The number of nitrogens with one attached hydrogen (secondary N) is 1. The van der Waals surface area contributed by atoms with E-state index in [1.54, 1.807) is 4.90 Å². The Morgan fingerprint density at radius 2 is 1.69 bits per heavy atom.